The Labute approximate surface area is 390 Å². The maximum Gasteiger partial charge on any atom is 0.355 e. The number of rotatable bonds is 12. The lowest BCUT2D eigenvalue weighted by molar-refractivity contribution is -0.422. The number of hydrogen-bond acceptors (Lipinski definition) is 14. The number of aromatic hydroxyl groups is 2. The van der Waals surface area contributed by atoms with Crippen molar-refractivity contribution in [1.29, 1.82) is 0 Å². The van der Waals surface area contributed by atoms with Crippen LogP contribution in [0.4, 0.5) is 11.5 Å². The molecule has 5 aliphatic rings. The van der Waals surface area contributed by atoms with Crippen LogP contribution in [0.3, 0.4) is 0 Å². The molecule has 10 rings (SSSR count). The number of ether oxygens (including phenoxy) is 2. The summed E-state index contributed by atoms with van der Waals surface area (Å²) >= 11 is 0. The summed E-state index contributed by atoms with van der Waals surface area (Å²) in [4.78, 5) is 40.8. The van der Waals surface area contributed by atoms with Gasteiger partial charge in [0.15, 0.2) is 17.6 Å². The van der Waals surface area contributed by atoms with E-state index in [0.29, 0.717) is 36.1 Å². The highest BCUT2D eigenvalue weighted by Gasteiger charge is 2.58. The predicted molar refractivity (Wildman–Crippen MR) is 246 cm³/mol. The number of benzene rings is 3. The Morgan fingerprint density at radius 3 is 2.56 bits per heavy atom. The van der Waals surface area contributed by atoms with Crippen LogP contribution in [0, 0.1) is 5.92 Å². The Bertz CT molecular complexity index is 2730. The van der Waals surface area contributed by atoms with Crippen LogP contribution in [0.2, 0.25) is 0 Å². The lowest BCUT2D eigenvalue weighted by Gasteiger charge is -2.46. The van der Waals surface area contributed by atoms with Gasteiger partial charge in [-0.3, -0.25) is 9.69 Å². The van der Waals surface area contributed by atoms with Gasteiger partial charge in [0.25, 0.3) is 5.91 Å². The SMILES string of the molecule is NC1CCC2CCc3ccccc3C12CC1c2cc(O)c(OC3(O)OC(CO)C(O)C(O)C3O)cc2N(C(=O)C=Cc2ccc(O)c(C3CCC(CNc4ccc[nH]4)c4nc[nH]c43)c2)C1C(=O)O. The molecule has 12 atom stereocenters. The summed E-state index contributed by atoms with van der Waals surface area (Å²) in [5, 5.41) is 90.4. The number of nitrogens with one attached hydrogen (secondary N) is 3. The summed E-state index contributed by atoms with van der Waals surface area (Å²) in [7, 11) is 0. The van der Waals surface area contributed by atoms with Gasteiger partial charge in [0.1, 0.15) is 35.9 Å². The number of aliphatic carboxylic acids is 1. The molecule has 3 aliphatic carbocycles. The van der Waals surface area contributed by atoms with Crippen LogP contribution in [-0.4, -0.2) is 123 Å². The Balaban J connectivity index is 1.01. The zero-order chi connectivity index (χ0) is 47.6. The van der Waals surface area contributed by atoms with Crippen molar-refractivity contribution in [3.05, 3.63) is 125 Å². The standard InChI is InChI=1S/C50H56N6O12/c51-39-15-12-28-11-9-26-4-1-2-5-33(26)49(28,39)21-32-30-19-36(59)37(67-50(66)47(63)46(62)45(61)38(23-57)68-50)20-34(30)56(44(32)48(64)65)41(60)16-8-25-7-14-35(58)31(18-25)29-13-10-27(42-43(29)55-24-54-42)22-53-40-6-3-17-52-40/h1-8,14,16-20,24,27-29,32,38-39,44-47,52-53,57-59,61-63,66H,9-13,15,21-23,51H2,(H,54,55)(H,64,65). The van der Waals surface area contributed by atoms with Crippen LogP contribution in [0.1, 0.15) is 95.5 Å². The number of nitrogens with two attached hydrogens (primary N) is 1. The number of carbonyl (C=O) groups is 2. The molecule has 2 aliphatic heterocycles. The van der Waals surface area contributed by atoms with Gasteiger partial charge in [0.05, 0.1) is 24.3 Å². The summed E-state index contributed by atoms with van der Waals surface area (Å²) in [5.41, 5.74) is 11.8. The van der Waals surface area contributed by atoms with E-state index in [1.807, 2.05) is 36.5 Å². The van der Waals surface area contributed by atoms with Crippen molar-refractivity contribution in [2.24, 2.45) is 11.7 Å². The molecule has 5 aromatic rings. The number of amides is 1. The first-order chi connectivity index (χ1) is 32.7. The van der Waals surface area contributed by atoms with E-state index < -0.39 is 77.7 Å². The van der Waals surface area contributed by atoms with Gasteiger partial charge >= 0.3 is 11.9 Å². The fourth-order valence-electron chi connectivity index (χ4n) is 12.1. The van der Waals surface area contributed by atoms with Gasteiger partial charge in [0.2, 0.25) is 0 Å². The fourth-order valence-corrected chi connectivity index (χ4v) is 12.1. The van der Waals surface area contributed by atoms with Crippen molar-refractivity contribution in [3.8, 4) is 17.2 Å². The number of carboxylic acids is 1. The summed E-state index contributed by atoms with van der Waals surface area (Å²) in [6.45, 7) is -0.235. The van der Waals surface area contributed by atoms with Gasteiger partial charge in [-0.05, 0) is 110 Å². The zero-order valence-corrected chi connectivity index (χ0v) is 37.0. The van der Waals surface area contributed by atoms with Crippen LogP contribution in [-0.2, 0) is 26.2 Å². The fraction of sp³-hybridized carbons (Fsp3) is 0.420. The number of hydrogen-bond donors (Lipinski definition) is 12. The summed E-state index contributed by atoms with van der Waals surface area (Å²) in [5.74, 6) is -6.36. The van der Waals surface area contributed by atoms with E-state index in [9.17, 15) is 50.4 Å². The number of carboxylic acid groups (broad SMARTS) is 1. The average molecular weight is 933 g/mol. The van der Waals surface area contributed by atoms with Gasteiger partial charge < -0.3 is 71.3 Å². The quantitative estimate of drug-likeness (QED) is 0.0631. The first-order valence-electron chi connectivity index (χ1n) is 23.1. The maximum atomic E-state index is 14.8. The molecule has 358 valence electrons. The van der Waals surface area contributed by atoms with E-state index in [-0.39, 0.29) is 41.7 Å². The molecule has 1 saturated heterocycles. The number of phenolic OH excluding ortho intramolecular Hbond substituents is 2. The normalized spacial score (nSPS) is 31.8. The van der Waals surface area contributed by atoms with Crippen LogP contribution < -0.4 is 20.7 Å². The Morgan fingerprint density at radius 1 is 0.956 bits per heavy atom. The molecule has 3 aromatic carbocycles. The van der Waals surface area contributed by atoms with Crippen LogP contribution in [0.25, 0.3) is 6.08 Å². The topological polar surface area (TPSA) is 300 Å². The lowest BCUT2D eigenvalue weighted by atomic mass is 9.59. The third-order valence-electron chi connectivity index (χ3n) is 15.4. The van der Waals surface area contributed by atoms with Crippen molar-refractivity contribution in [2.75, 3.05) is 23.4 Å². The summed E-state index contributed by atoms with van der Waals surface area (Å²) in [6, 6.07) is 17.4. The molecule has 1 saturated carbocycles. The third-order valence-corrected chi connectivity index (χ3v) is 15.4. The second-order valence-electron chi connectivity index (χ2n) is 18.9. The monoisotopic (exact) mass is 932 g/mol. The minimum absolute atomic E-state index is 0.0161. The van der Waals surface area contributed by atoms with Crippen molar-refractivity contribution < 1.29 is 59.9 Å². The highest BCUT2D eigenvalue weighted by molar-refractivity contribution is 6.10. The predicted octanol–water partition coefficient (Wildman–Crippen LogP) is 3.38. The molecule has 0 spiro atoms. The van der Waals surface area contributed by atoms with E-state index in [0.717, 1.165) is 65.0 Å². The molecule has 4 heterocycles. The maximum absolute atomic E-state index is 14.8. The number of anilines is 2. The van der Waals surface area contributed by atoms with Crippen LogP contribution in [0.5, 0.6) is 17.2 Å². The molecule has 2 fully saturated rings. The molecule has 68 heavy (non-hydrogen) atoms. The summed E-state index contributed by atoms with van der Waals surface area (Å²) < 4.78 is 11.0. The van der Waals surface area contributed by atoms with E-state index >= 15 is 0 Å². The number of fused-ring (bicyclic) bond motifs is 5. The van der Waals surface area contributed by atoms with Crippen molar-refractivity contribution in [1.82, 2.24) is 15.0 Å². The minimum atomic E-state index is -3.13. The van der Waals surface area contributed by atoms with E-state index in [1.165, 1.54) is 18.2 Å². The molecular weight excluding hydrogens is 877 g/mol. The number of aryl methyl sites for hydroxylation is 1. The number of nitrogens with zero attached hydrogens (tertiary/aromatic N) is 2. The highest BCUT2D eigenvalue weighted by Crippen LogP contribution is 2.59. The number of aromatic amines is 2. The van der Waals surface area contributed by atoms with Gasteiger partial charge in [-0.2, -0.15) is 0 Å². The second-order valence-corrected chi connectivity index (χ2v) is 18.9. The number of aromatic nitrogens is 3. The molecule has 0 bridgehead atoms. The average Bonchev–Trinajstić information content (AvgIpc) is 4.16. The van der Waals surface area contributed by atoms with E-state index in [2.05, 4.69) is 26.3 Å². The minimum Gasteiger partial charge on any atom is -0.508 e. The Morgan fingerprint density at radius 2 is 1.78 bits per heavy atom. The Kier molecular flexibility index (Phi) is 11.8. The number of phenols is 2. The van der Waals surface area contributed by atoms with Gasteiger partial charge in [-0.25, -0.2) is 9.78 Å². The van der Waals surface area contributed by atoms with Gasteiger partial charge in [-0.1, -0.05) is 30.3 Å². The first kappa shape index (κ1) is 45.5. The smallest absolute Gasteiger partial charge is 0.355 e. The Hall–Kier alpha value is -6.25. The molecule has 0 radical (unpaired) electrons. The number of aliphatic hydroxyl groups excluding tert-OH is 4. The molecule has 1 amide bonds. The number of imidazole rings is 1. The number of H-pyrrole nitrogens is 2. The molecule has 12 unspecified atom stereocenters. The van der Waals surface area contributed by atoms with Crippen molar-refractivity contribution in [2.45, 2.75) is 111 Å². The largest absolute Gasteiger partial charge is 0.508 e. The molecule has 18 nitrogen and oxygen atoms in total. The van der Waals surface area contributed by atoms with E-state index in [1.54, 1.807) is 24.5 Å². The molecule has 13 N–H and O–H groups in total. The second kappa shape index (κ2) is 17.7. The molecule has 2 aromatic heterocycles. The summed E-state index contributed by atoms with van der Waals surface area (Å²) in [6.07, 6.45) is 3.38. The molecular formula is C50H56N6O12. The van der Waals surface area contributed by atoms with Gasteiger partial charge in [0, 0.05) is 65.4 Å². The molecule has 18 heteroatoms. The lowest BCUT2D eigenvalue weighted by Crippen LogP contribution is -2.67. The highest BCUT2D eigenvalue weighted by atomic mass is 16.8. The zero-order valence-electron chi connectivity index (χ0n) is 37.0. The van der Waals surface area contributed by atoms with E-state index in [4.69, 9.17) is 15.2 Å². The van der Waals surface area contributed by atoms with Gasteiger partial charge in [-0.15, -0.1) is 0 Å². The third kappa shape index (κ3) is 7.60. The van der Waals surface area contributed by atoms with Crippen molar-refractivity contribution in [3.63, 3.8) is 0 Å². The van der Waals surface area contributed by atoms with Crippen LogP contribution >= 0.6 is 0 Å². The first-order valence-corrected chi connectivity index (χ1v) is 23.1. The van der Waals surface area contributed by atoms with Crippen molar-refractivity contribution >= 4 is 29.5 Å². The number of aliphatic hydroxyl groups is 5. The number of carbonyl (C=O) groups excluding carboxylic acids is 1. The van der Waals surface area contributed by atoms with Crippen LogP contribution in [0.15, 0.2) is 85.3 Å².